The third-order valence-corrected chi connectivity index (χ3v) is 3.83. The zero-order valence-corrected chi connectivity index (χ0v) is 9.70. The molecule has 2 atom stereocenters. The van der Waals surface area contributed by atoms with Gasteiger partial charge in [0.2, 0.25) is 0 Å². The Kier molecular flexibility index (Phi) is 2.55. The molecule has 0 amide bonds. The molecule has 0 aliphatic heterocycles. The summed E-state index contributed by atoms with van der Waals surface area (Å²) in [6.45, 7) is 6.08. The number of hydrogen-bond donors (Lipinski definition) is 1. The second-order valence-corrected chi connectivity index (χ2v) is 5.02. The maximum Gasteiger partial charge on any atom is 0.0726 e. The lowest BCUT2D eigenvalue weighted by molar-refractivity contribution is -0.0140. The molecule has 1 aromatic heterocycles. The average Bonchev–Trinajstić information content (AvgIpc) is 2.61. The van der Waals surface area contributed by atoms with Crippen molar-refractivity contribution in [1.29, 1.82) is 0 Å². The molecule has 1 heterocycles. The fourth-order valence-corrected chi connectivity index (χ4v) is 2.38. The molecular weight excluding hydrogens is 186 g/mol. The van der Waals surface area contributed by atoms with E-state index in [9.17, 15) is 5.11 Å². The second kappa shape index (κ2) is 3.60. The van der Waals surface area contributed by atoms with Gasteiger partial charge in [-0.05, 0) is 37.3 Å². The van der Waals surface area contributed by atoms with E-state index in [1.54, 1.807) is 0 Å². The first-order valence-electron chi connectivity index (χ1n) is 5.69. The molecular formula is C13H19NO. The molecule has 2 rings (SSSR count). The van der Waals surface area contributed by atoms with Crippen molar-refractivity contribution in [3.8, 4) is 0 Å². The van der Waals surface area contributed by atoms with Crippen molar-refractivity contribution in [2.24, 2.45) is 5.92 Å². The van der Waals surface area contributed by atoms with Crippen molar-refractivity contribution in [3.63, 3.8) is 0 Å². The minimum atomic E-state index is -0.639. The number of nitrogens with zero attached hydrogens (tertiary/aromatic N) is 1. The quantitative estimate of drug-likeness (QED) is 0.804. The van der Waals surface area contributed by atoms with Crippen LogP contribution in [0.3, 0.4) is 0 Å². The first kappa shape index (κ1) is 10.6. The summed E-state index contributed by atoms with van der Waals surface area (Å²) in [5.41, 5.74) is 1.78. The van der Waals surface area contributed by atoms with E-state index in [4.69, 9.17) is 0 Å². The van der Waals surface area contributed by atoms with Gasteiger partial charge in [0.1, 0.15) is 0 Å². The Labute approximate surface area is 91.4 Å². The molecule has 1 aliphatic carbocycles. The molecule has 0 radical (unpaired) electrons. The van der Waals surface area contributed by atoms with E-state index >= 15 is 0 Å². The van der Waals surface area contributed by atoms with Gasteiger partial charge in [0.15, 0.2) is 0 Å². The van der Waals surface area contributed by atoms with E-state index < -0.39 is 5.60 Å². The van der Waals surface area contributed by atoms with E-state index in [1.165, 1.54) is 5.56 Å². The van der Waals surface area contributed by atoms with Gasteiger partial charge in [0, 0.05) is 17.8 Å². The maximum absolute atomic E-state index is 10.5. The predicted octanol–water partition coefficient (Wildman–Crippen LogP) is 2.52. The number of aromatic nitrogens is 1. The maximum atomic E-state index is 10.5. The summed E-state index contributed by atoms with van der Waals surface area (Å²) >= 11 is 0. The first-order valence-corrected chi connectivity index (χ1v) is 5.69. The Hall–Kier alpha value is -0.890. The summed E-state index contributed by atoms with van der Waals surface area (Å²) < 4.78 is 0. The van der Waals surface area contributed by atoms with Gasteiger partial charge in [-0.2, -0.15) is 0 Å². The van der Waals surface area contributed by atoms with E-state index in [-0.39, 0.29) is 11.8 Å². The summed E-state index contributed by atoms with van der Waals surface area (Å²) in [6.07, 6.45) is 3.90. The zero-order chi connectivity index (χ0) is 11.1. The average molecular weight is 205 g/mol. The third-order valence-electron chi connectivity index (χ3n) is 3.83. The van der Waals surface area contributed by atoms with Crippen molar-refractivity contribution < 1.29 is 5.11 Å². The number of aliphatic hydroxyl groups is 1. The number of hydrogen-bond acceptors (Lipinski definition) is 2. The molecule has 2 unspecified atom stereocenters. The largest absolute Gasteiger partial charge is 0.389 e. The predicted molar refractivity (Wildman–Crippen MR) is 60.8 cm³/mol. The highest BCUT2D eigenvalue weighted by Crippen LogP contribution is 2.42. The summed E-state index contributed by atoms with van der Waals surface area (Å²) in [7, 11) is 0. The summed E-state index contributed by atoms with van der Waals surface area (Å²) in [4.78, 5) is 4.43. The molecule has 15 heavy (non-hydrogen) atoms. The standard InChI is InChI=1S/C13H19NO/c1-9(2)13(3,15)11-7-6-10-5-4-8-14-12(10)11/h4-5,8-9,11,15H,6-7H2,1-3H3. The molecule has 2 nitrogen and oxygen atoms in total. The van der Waals surface area contributed by atoms with Gasteiger partial charge in [-0.15, -0.1) is 0 Å². The van der Waals surface area contributed by atoms with Crippen molar-refractivity contribution in [2.45, 2.75) is 45.1 Å². The number of rotatable bonds is 2. The monoisotopic (exact) mass is 205 g/mol. The van der Waals surface area contributed by atoms with Crippen LogP contribution < -0.4 is 0 Å². The normalized spacial score (nSPS) is 23.9. The summed E-state index contributed by atoms with van der Waals surface area (Å²) in [6, 6.07) is 4.10. The smallest absolute Gasteiger partial charge is 0.0726 e. The third kappa shape index (κ3) is 1.67. The molecule has 2 heteroatoms. The first-order chi connectivity index (χ1) is 7.03. The Morgan fingerprint density at radius 3 is 2.93 bits per heavy atom. The van der Waals surface area contributed by atoms with Gasteiger partial charge in [-0.3, -0.25) is 4.98 Å². The topological polar surface area (TPSA) is 33.1 Å². The van der Waals surface area contributed by atoms with Crippen LogP contribution in [0, 0.1) is 5.92 Å². The van der Waals surface area contributed by atoms with Gasteiger partial charge < -0.3 is 5.11 Å². The Bertz CT molecular complexity index is 357. The van der Waals surface area contributed by atoms with E-state index in [0.29, 0.717) is 0 Å². The highest BCUT2D eigenvalue weighted by Gasteiger charge is 2.40. The Morgan fingerprint density at radius 1 is 1.53 bits per heavy atom. The molecule has 0 saturated heterocycles. The van der Waals surface area contributed by atoms with Crippen LogP contribution in [0.1, 0.15) is 44.4 Å². The molecule has 0 saturated carbocycles. The highest BCUT2D eigenvalue weighted by atomic mass is 16.3. The van der Waals surface area contributed by atoms with Crippen LogP contribution in [0.5, 0.6) is 0 Å². The van der Waals surface area contributed by atoms with Crippen molar-refractivity contribution in [3.05, 3.63) is 29.6 Å². The molecule has 1 aliphatic rings. The van der Waals surface area contributed by atoms with Crippen molar-refractivity contribution in [2.75, 3.05) is 0 Å². The molecule has 1 aromatic rings. The number of pyridine rings is 1. The van der Waals surface area contributed by atoms with Crippen LogP contribution in [0.2, 0.25) is 0 Å². The number of aryl methyl sites for hydroxylation is 1. The lowest BCUT2D eigenvalue weighted by Gasteiger charge is -2.34. The lowest BCUT2D eigenvalue weighted by atomic mass is 9.78. The second-order valence-electron chi connectivity index (χ2n) is 5.02. The van der Waals surface area contributed by atoms with Gasteiger partial charge in [-0.25, -0.2) is 0 Å². The van der Waals surface area contributed by atoms with Gasteiger partial charge in [0.25, 0.3) is 0 Å². The van der Waals surface area contributed by atoms with E-state index in [2.05, 4.69) is 24.9 Å². The lowest BCUT2D eigenvalue weighted by Crippen LogP contribution is -2.37. The molecule has 0 bridgehead atoms. The fourth-order valence-electron chi connectivity index (χ4n) is 2.38. The molecule has 1 N–H and O–H groups in total. The van der Waals surface area contributed by atoms with Crippen LogP contribution in [-0.4, -0.2) is 15.7 Å². The van der Waals surface area contributed by atoms with Crippen molar-refractivity contribution in [1.82, 2.24) is 4.98 Å². The van der Waals surface area contributed by atoms with Crippen LogP contribution in [-0.2, 0) is 6.42 Å². The van der Waals surface area contributed by atoms with Crippen molar-refractivity contribution >= 4 is 0 Å². The summed E-state index contributed by atoms with van der Waals surface area (Å²) in [5, 5.41) is 10.5. The van der Waals surface area contributed by atoms with Crippen LogP contribution in [0.15, 0.2) is 18.3 Å². The minimum Gasteiger partial charge on any atom is -0.389 e. The fraction of sp³-hybridized carbons (Fsp3) is 0.615. The van der Waals surface area contributed by atoms with Gasteiger partial charge in [-0.1, -0.05) is 19.9 Å². The van der Waals surface area contributed by atoms with Gasteiger partial charge in [0.05, 0.1) is 5.60 Å². The highest BCUT2D eigenvalue weighted by molar-refractivity contribution is 5.31. The molecule has 0 aromatic carbocycles. The molecule has 0 spiro atoms. The molecule has 0 fully saturated rings. The van der Waals surface area contributed by atoms with Gasteiger partial charge >= 0.3 is 0 Å². The molecule has 82 valence electrons. The summed E-state index contributed by atoms with van der Waals surface area (Å²) in [5.74, 6) is 0.462. The van der Waals surface area contributed by atoms with Crippen LogP contribution >= 0.6 is 0 Å². The SMILES string of the molecule is CC(C)C(C)(O)C1CCc2cccnc21. The number of fused-ring (bicyclic) bond motifs is 1. The minimum absolute atomic E-state index is 0.202. The van der Waals surface area contributed by atoms with E-state index in [1.807, 2.05) is 19.2 Å². The van der Waals surface area contributed by atoms with Crippen LogP contribution in [0.25, 0.3) is 0 Å². The Balaban J connectivity index is 2.35. The van der Waals surface area contributed by atoms with E-state index in [0.717, 1.165) is 18.5 Å². The van der Waals surface area contributed by atoms with Crippen LogP contribution in [0.4, 0.5) is 0 Å². The zero-order valence-electron chi connectivity index (χ0n) is 9.70. The Morgan fingerprint density at radius 2 is 2.27 bits per heavy atom.